The smallest absolute Gasteiger partial charge is 0.408 e. The minimum Gasteiger partial charge on any atom is -0.497 e. The molecule has 2 fully saturated rings. The van der Waals surface area contributed by atoms with E-state index in [0.29, 0.717) is 43.3 Å². The van der Waals surface area contributed by atoms with Gasteiger partial charge < -0.3 is 24.4 Å². The number of alkyl carbamates (subject to hydrolysis) is 1. The van der Waals surface area contributed by atoms with Crippen molar-refractivity contribution in [2.75, 3.05) is 27.3 Å². The summed E-state index contributed by atoms with van der Waals surface area (Å²) in [6.45, 7) is 1.35. The lowest BCUT2D eigenvalue weighted by atomic mass is 9.84. The van der Waals surface area contributed by atoms with Crippen molar-refractivity contribution in [3.05, 3.63) is 95.6 Å². The molecule has 0 spiro atoms. The lowest BCUT2D eigenvalue weighted by Gasteiger charge is -2.41. The van der Waals surface area contributed by atoms with Gasteiger partial charge in [0.1, 0.15) is 17.1 Å². The molecule has 198 valence electrons. The van der Waals surface area contributed by atoms with E-state index in [2.05, 4.69) is 17.4 Å². The predicted molar refractivity (Wildman–Crippen MR) is 144 cm³/mol. The molecule has 7 nitrogen and oxygen atoms in total. The summed E-state index contributed by atoms with van der Waals surface area (Å²) in [7, 11) is 3.18. The maximum Gasteiger partial charge on any atom is 0.408 e. The van der Waals surface area contributed by atoms with Gasteiger partial charge in [-0.15, -0.1) is 0 Å². The van der Waals surface area contributed by atoms with E-state index in [1.165, 1.54) is 5.56 Å². The minimum absolute atomic E-state index is 0.0466. The largest absolute Gasteiger partial charge is 0.497 e. The van der Waals surface area contributed by atoms with Crippen molar-refractivity contribution in [2.24, 2.45) is 5.92 Å². The van der Waals surface area contributed by atoms with Crippen LogP contribution in [-0.4, -0.2) is 44.2 Å². The normalized spacial score (nSPS) is 19.8. The van der Waals surface area contributed by atoms with Gasteiger partial charge in [0.15, 0.2) is 0 Å². The van der Waals surface area contributed by atoms with E-state index in [1.807, 2.05) is 65.6 Å². The van der Waals surface area contributed by atoms with Crippen molar-refractivity contribution in [1.29, 1.82) is 0 Å². The molecule has 1 aliphatic carbocycles. The molecule has 2 amide bonds. The summed E-state index contributed by atoms with van der Waals surface area (Å²) in [4.78, 5) is 28.2. The van der Waals surface area contributed by atoms with Crippen LogP contribution in [0.5, 0.6) is 11.5 Å². The van der Waals surface area contributed by atoms with Crippen molar-refractivity contribution >= 4 is 12.0 Å². The molecular formula is C31H34N2O5. The first-order valence-electron chi connectivity index (χ1n) is 13.1. The molecule has 5 rings (SSSR count). The van der Waals surface area contributed by atoms with Crippen LogP contribution in [0.25, 0.3) is 0 Å². The summed E-state index contributed by atoms with van der Waals surface area (Å²) in [5.41, 5.74) is 2.19. The molecule has 1 saturated carbocycles. The zero-order valence-electron chi connectivity index (χ0n) is 21.9. The second-order valence-electron chi connectivity index (χ2n) is 9.97. The number of benzene rings is 3. The standard InChI is InChI=1S/C31H34N2O5/c1-36-25-14-13-23(28(19-25)37-2)21-32-30(35)38-31(24-11-7-4-8-12-24)15-17-33(18-16-31)29(34)27-20-26(27)22-9-5-3-6-10-22/h3-14,19,26-27H,15-18,20-21H2,1-2H3,(H,32,35). The molecule has 2 aliphatic rings. The van der Waals surface area contributed by atoms with Crippen molar-refractivity contribution in [3.63, 3.8) is 0 Å². The summed E-state index contributed by atoms with van der Waals surface area (Å²) in [6, 6.07) is 25.5. The number of hydrogen-bond acceptors (Lipinski definition) is 5. The van der Waals surface area contributed by atoms with Gasteiger partial charge in [0, 0.05) is 50.0 Å². The molecule has 1 heterocycles. The number of likely N-dealkylation sites (tertiary alicyclic amines) is 1. The number of carbonyl (C=O) groups is 2. The Morgan fingerprint density at radius 2 is 1.61 bits per heavy atom. The Labute approximate surface area is 223 Å². The highest BCUT2D eigenvalue weighted by atomic mass is 16.6. The molecule has 1 saturated heterocycles. The predicted octanol–water partition coefficient (Wildman–Crippen LogP) is 5.25. The molecule has 3 aromatic carbocycles. The molecule has 38 heavy (non-hydrogen) atoms. The van der Waals surface area contributed by atoms with Crippen LogP contribution in [0.3, 0.4) is 0 Å². The summed E-state index contributed by atoms with van der Waals surface area (Å²) in [6.07, 6.45) is 1.49. The first-order chi connectivity index (χ1) is 18.5. The zero-order chi connectivity index (χ0) is 26.5. The Kier molecular flexibility index (Phi) is 7.54. The molecular weight excluding hydrogens is 480 g/mol. The number of ether oxygens (including phenoxy) is 3. The molecule has 0 aromatic heterocycles. The van der Waals surface area contributed by atoms with Gasteiger partial charge in [-0.25, -0.2) is 4.79 Å². The first-order valence-corrected chi connectivity index (χ1v) is 13.1. The van der Waals surface area contributed by atoms with Gasteiger partial charge in [-0.1, -0.05) is 60.7 Å². The van der Waals surface area contributed by atoms with Crippen molar-refractivity contribution in [2.45, 2.75) is 37.3 Å². The number of amides is 2. The first kappa shape index (κ1) is 25.6. The maximum atomic E-state index is 13.3. The maximum absolute atomic E-state index is 13.3. The number of methoxy groups -OCH3 is 2. The lowest BCUT2D eigenvalue weighted by Crippen LogP contribution is -2.48. The van der Waals surface area contributed by atoms with E-state index < -0.39 is 11.7 Å². The topological polar surface area (TPSA) is 77.1 Å². The Morgan fingerprint density at radius 1 is 0.921 bits per heavy atom. The Morgan fingerprint density at radius 3 is 2.26 bits per heavy atom. The fourth-order valence-electron chi connectivity index (χ4n) is 5.43. The Hall–Kier alpha value is -4.00. The van der Waals surface area contributed by atoms with E-state index in [-0.39, 0.29) is 18.4 Å². The van der Waals surface area contributed by atoms with Crippen LogP contribution in [-0.2, 0) is 21.7 Å². The molecule has 0 bridgehead atoms. The minimum atomic E-state index is -0.797. The highest BCUT2D eigenvalue weighted by Gasteiger charge is 2.48. The van der Waals surface area contributed by atoms with Gasteiger partial charge in [-0.3, -0.25) is 4.79 Å². The molecule has 1 aliphatic heterocycles. The van der Waals surface area contributed by atoms with E-state index in [4.69, 9.17) is 14.2 Å². The van der Waals surface area contributed by atoms with Crippen LogP contribution in [0.15, 0.2) is 78.9 Å². The van der Waals surface area contributed by atoms with Crippen LogP contribution >= 0.6 is 0 Å². The SMILES string of the molecule is COc1ccc(CNC(=O)OC2(c3ccccc3)CCN(C(=O)C3CC3c3ccccc3)CC2)c(OC)c1. The van der Waals surface area contributed by atoms with Crippen LogP contribution < -0.4 is 14.8 Å². The van der Waals surface area contributed by atoms with Crippen LogP contribution in [0.1, 0.15) is 41.9 Å². The number of nitrogens with one attached hydrogen (secondary N) is 1. The van der Waals surface area contributed by atoms with Crippen molar-refractivity contribution in [1.82, 2.24) is 10.2 Å². The highest BCUT2D eigenvalue weighted by Crippen LogP contribution is 2.49. The Bertz CT molecular complexity index is 1260. The zero-order valence-corrected chi connectivity index (χ0v) is 21.9. The monoisotopic (exact) mass is 514 g/mol. The molecule has 7 heteroatoms. The van der Waals surface area contributed by atoms with Crippen molar-refractivity contribution in [3.8, 4) is 11.5 Å². The number of nitrogens with zero attached hydrogens (tertiary/aromatic N) is 1. The number of carbonyl (C=O) groups excluding carboxylic acids is 2. The van der Waals surface area contributed by atoms with Crippen LogP contribution in [0.2, 0.25) is 0 Å². The van der Waals surface area contributed by atoms with E-state index in [9.17, 15) is 9.59 Å². The van der Waals surface area contributed by atoms with Gasteiger partial charge in [-0.05, 0) is 35.6 Å². The fraction of sp³-hybridized carbons (Fsp3) is 0.355. The number of piperidine rings is 1. The Balaban J connectivity index is 1.23. The quantitative estimate of drug-likeness (QED) is 0.444. The molecule has 2 unspecified atom stereocenters. The molecule has 2 atom stereocenters. The highest BCUT2D eigenvalue weighted by molar-refractivity contribution is 5.83. The molecule has 3 aromatic rings. The van der Waals surface area contributed by atoms with Gasteiger partial charge in [-0.2, -0.15) is 0 Å². The second kappa shape index (κ2) is 11.2. The van der Waals surface area contributed by atoms with Gasteiger partial charge in [0.25, 0.3) is 0 Å². The summed E-state index contributed by atoms with van der Waals surface area (Å²) in [5.74, 6) is 1.87. The number of rotatable bonds is 8. The van der Waals surface area contributed by atoms with Crippen LogP contribution in [0.4, 0.5) is 4.79 Å². The summed E-state index contributed by atoms with van der Waals surface area (Å²) < 4.78 is 16.8. The average Bonchev–Trinajstić information content (AvgIpc) is 3.78. The third-order valence-electron chi connectivity index (χ3n) is 7.72. The van der Waals surface area contributed by atoms with Crippen molar-refractivity contribution < 1.29 is 23.8 Å². The number of hydrogen-bond donors (Lipinski definition) is 1. The average molecular weight is 515 g/mol. The van der Waals surface area contributed by atoms with Crippen LogP contribution in [0, 0.1) is 5.92 Å². The third kappa shape index (κ3) is 5.47. The fourth-order valence-corrected chi connectivity index (χ4v) is 5.43. The van der Waals surface area contributed by atoms with Gasteiger partial charge in [0.05, 0.1) is 14.2 Å². The lowest BCUT2D eigenvalue weighted by molar-refractivity contribution is -0.137. The third-order valence-corrected chi connectivity index (χ3v) is 7.72. The summed E-state index contributed by atoms with van der Waals surface area (Å²) >= 11 is 0. The van der Waals surface area contributed by atoms with E-state index in [0.717, 1.165) is 17.5 Å². The van der Waals surface area contributed by atoms with E-state index in [1.54, 1.807) is 20.3 Å². The van der Waals surface area contributed by atoms with E-state index >= 15 is 0 Å². The van der Waals surface area contributed by atoms with Gasteiger partial charge in [0.2, 0.25) is 5.91 Å². The second-order valence-corrected chi connectivity index (χ2v) is 9.97. The summed E-state index contributed by atoms with van der Waals surface area (Å²) in [5, 5.41) is 2.88. The van der Waals surface area contributed by atoms with Gasteiger partial charge >= 0.3 is 6.09 Å². The molecule has 1 N–H and O–H groups in total. The molecule has 0 radical (unpaired) electrons.